The lowest BCUT2D eigenvalue weighted by Gasteiger charge is -2.31. The van der Waals surface area contributed by atoms with Crippen LogP contribution in [0.2, 0.25) is 0 Å². The van der Waals surface area contributed by atoms with Gasteiger partial charge in [-0.05, 0) is 49.6 Å². The molecule has 2 aromatic rings. The second-order valence-electron chi connectivity index (χ2n) is 6.39. The predicted octanol–water partition coefficient (Wildman–Crippen LogP) is 4.05. The van der Waals surface area contributed by atoms with E-state index in [1.165, 1.54) is 0 Å². The normalized spacial score (nSPS) is 14.2. The van der Waals surface area contributed by atoms with E-state index in [0.717, 1.165) is 20.6 Å². The molecule has 5 heteroatoms. The lowest BCUT2D eigenvalue weighted by molar-refractivity contribution is 0.0478. The van der Waals surface area contributed by atoms with Crippen LogP contribution in [0.4, 0.5) is 0 Å². The van der Waals surface area contributed by atoms with E-state index in [1.54, 1.807) is 6.07 Å². The van der Waals surface area contributed by atoms with Crippen molar-refractivity contribution in [3.8, 4) is 0 Å². The van der Waals surface area contributed by atoms with Gasteiger partial charge in [-0.1, -0.05) is 47.1 Å². The molecule has 1 heterocycles. The molecule has 3 rings (SSSR count). The second kappa shape index (κ2) is 6.15. The van der Waals surface area contributed by atoms with Crippen LogP contribution in [-0.4, -0.2) is 16.8 Å². The van der Waals surface area contributed by atoms with Gasteiger partial charge in [0.2, 0.25) is 0 Å². The van der Waals surface area contributed by atoms with Crippen LogP contribution in [0.25, 0.3) is 0 Å². The first-order chi connectivity index (χ1) is 11.3. The highest BCUT2D eigenvalue weighted by atomic mass is 79.9. The summed E-state index contributed by atoms with van der Waals surface area (Å²) in [5, 5.41) is 1.14. The molecule has 0 saturated heterocycles. The molecule has 124 valence electrons. The average Bonchev–Trinajstić information content (AvgIpc) is 2.80. The molecule has 0 aliphatic carbocycles. The van der Waals surface area contributed by atoms with Crippen molar-refractivity contribution in [3.05, 3.63) is 69.2 Å². The van der Waals surface area contributed by atoms with Crippen molar-refractivity contribution >= 4 is 27.7 Å². The molecular weight excluding hydrogens is 368 g/mol. The van der Waals surface area contributed by atoms with Gasteiger partial charge in [0.1, 0.15) is 0 Å². The molecule has 0 bridgehead atoms. The summed E-state index contributed by atoms with van der Waals surface area (Å²) in [6, 6.07) is 13.2. The fraction of sp³-hybridized carbons (Fsp3) is 0.263. The van der Waals surface area contributed by atoms with E-state index in [1.807, 2.05) is 57.2 Å². The number of nitrogens with zero attached hydrogens (tertiary/aromatic N) is 1. The van der Waals surface area contributed by atoms with E-state index >= 15 is 0 Å². The molecular formula is C19H19BrN2O2. The number of nitrogens with one attached hydrogen (secondary N) is 1. The Morgan fingerprint density at radius 2 is 1.79 bits per heavy atom. The monoisotopic (exact) mass is 386 g/mol. The Bertz CT molecular complexity index is 830. The summed E-state index contributed by atoms with van der Waals surface area (Å²) >= 11 is 3.46. The van der Waals surface area contributed by atoms with E-state index < -0.39 is 5.54 Å². The second-order valence-corrected chi connectivity index (χ2v) is 7.30. The third-order valence-electron chi connectivity index (χ3n) is 4.32. The smallest absolute Gasteiger partial charge is 0.267 e. The molecule has 0 atom stereocenters. The molecule has 2 amide bonds. The number of halogens is 1. The zero-order valence-electron chi connectivity index (χ0n) is 13.9. The van der Waals surface area contributed by atoms with Gasteiger partial charge in [-0.25, -0.2) is 10.4 Å². The van der Waals surface area contributed by atoms with Gasteiger partial charge in [0.15, 0.2) is 0 Å². The summed E-state index contributed by atoms with van der Waals surface area (Å²) in [6.45, 7) is 5.87. The molecule has 0 radical (unpaired) electrons. The molecule has 1 aliphatic heterocycles. The highest BCUT2D eigenvalue weighted by molar-refractivity contribution is 9.10. The molecule has 24 heavy (non-hydrogen) atoms. The summed E-state index contributed by atoms with van der Waals surface area (Å²) in [6.07, 6.45) is 0.713. The summed E-state index contributed by atoms with van der Waals surface area (Å²) in [5.74, 6) is -0.580. The summed E-state index contributed by atoms with van der Waals surface area (Å²) in [5.41, 5.74) is 5.39. The minimum Gasteiger partial charge on any atom is -0.267 e. The van der Waals surface area contributed by atoms with Gasteiger partial charge in [-0.2, -0.15) is 0 Å². The topological polar surface area (TPSA) is 49.4 Å². The van der Waals surface area contributed by atoms with Crippen LogP contribution in [0.15, 0.2) is 46.9 Å². The standard InChI is InChI=1S/C19H19BrN2O2/c1-4-12-7-5-10-15-16(12)18(24)22(17(15)23)21-19(2,3)13-8-6-9-14(20)11-13/h5-11,21H,4H2,1-3H3. The third-order valence-corrected chi connectivity index (χ3v) is 4.81. The van der Waals surface area contributed by atoms with Gasteiger partial charge in [-0.3, -0.25) is 9.59 Å². The van der Waals surface area contributed by atoms with Gasteiger partial charge < -0.3 is 0 Å². The quantitative estimate of drug-likeness (QED) is 0.806. The van der Waals surface area contributed by atoms with Crippen molar-refractivity contribution in [1.82, 2.24) is 10.4 Å². The first-order valence-corrected chi connectivity index (χ1v) is 8.69. The van der Waals surface area contributed by atoms with Gasteiger partial charge in [0, 0.05) is 4.47 Å². The van der Waals surface area contributed by atoms with Gasteiger partial charge in [0.25, 0.3) is 11.8 Å². The van der Waals surface area contributed by atoms with Crippen molar-refractivity contribution < 1.29 is 9.59 Å². The predicted molar refractivity (Wildman–Crippen MR) is 96.6 cm³/mol. The lowest BCUT2D eigenvalue weighted by atomic mass is 9.95. The molecule has 1 aliphatic rings. The Balaban J connectivity index is 1.94. The van der Waals surface area contributed by atoms with Crippen LogP contribution in [0.1, 0.15) is 52.6 Å². The summed E-state index contributed by atoms with van der Waals surface area (Å²) in [7, 11) is 0. The van der Waals surface area contributed by atoms with E-state index in [0.29, 0.717) is 17.5 Å². The summed E-state index contributed by atoms with van der Waals surface area (Å²) < 4.78 is 0.950. The van der Waals surface area contributed by atoms with Gasteiger partial charge in [-0.15, -0.1) is 0 Å². The van der Waals surface area contributed by atoms with E-state index in [-0.39, 0.29) is 11.8 Å². The van der Waals surface area contributed by atoms with Crippen LogP contribution < -0.4 is 5.43 Å². The van der Waals surface area contributed by atoms with Crippen LogP contribution in [0.5, 0.6) is 0 Å². The van der Waals surface area contributed by atoms with Crippen LogP contribution in [0.3, 0.4) is 0 Å². The maximum atomic E-state index is 12.8. The van der Waals surface area contributed by atoms with Gasteiger partial charge in [0.05, 0.1) is 16.7 Å². The molecule has 0 saturated carbocycles. The number of fused-ring (bicyclic) bond motifs is 1. The van der Waals surface area contributed by atoms with Crippen LogP contribution >= 0.6 is 15.9 Å². The number of carbonyl (C=O) groups is 2. The van der Waals surface area contributed by atoms with Crippen molar-refractivity contribution in [1.29, 1.82) is 0 Å². The molecule has 0 aromatic heterocycles. The number of imide groups is 1. The number of hydrogen-bond donors (Lipinski definition) is 1. The number of rotatable bonds is 4. The molecule has 4 nitrogen and oxygen atoms in total. The van der Waals surface area contributed by atoms with E-state index in [9.17, 15) is 9.59 Å². The molecule has 1 N–H and O–H groups in total. The number of amides is 2. The fourth-order valence-corrected chi connectivity index (χ4v) is 3.37. The van der Waals surface area contributed by atoms with Crippen molar-refractivity contribution in [2.45, 2.75) is 32.7 Å². The molecule has 2 aromatic carbocycles. The van der Waals surface area contributed by atoms with Crippen molar-refractivity contribution in [3.63, 3.8) is 0 Å². The highest BCUT2D eigenvalue weighted by Gasteiger charge is 2.40. The van der Waals surface area contributed by atoms with E-state index in [4.69, 9.17) is 0 Å². The summed E-state index contributed by atoms with van der Waals surface area (Å²) in [4.78, 5) is 25.5. The minimum atomic E-state index is -0.580. The van der Waals surface area contributed by atoms with Crippen molar-refractivity contribution in [2.75, 3.05) is 0 Å². The van der Waals surface area contributed by atoms with Crippen LogP contribution in [-0.2, 0) is 12.0 Å². The number of benzene rings is 2. The Morgan fingerprint density at radius 1 is 1.08 bits per heavy atom. The van der Waals surface area contributed by atoms with Crippen molar-refractivity contribution in [2.24, 2.45) is 0 Å². The number of hydrazine groups is 1. The fourth-order valence-electron chi connectivity index (χ4n) is 2.97. The number of aryl methyl sites for hydroxylation is 1. The van der Waals surface area contributed by atoms with Crippen LogP contribution in [0, 0.1) is 0 Å². The zero-order valence-corrected chi connectivity index (χ0v) is 15.5. The average molecular weight is 387 g/mol. The number of carbonyl (C=O) groups excluding carboxylic acids is 2. The Morgan fingerprint density at radius 3 is 2.46 bits per heavy atom. The Kier molecular flexibility index (Phi) is 4.32. The number of hydrogen-bond acceptors (Lipinski definition) is 3. The Hall–Kier alpha value is -1.98. The van der Waals surface area contributed by atoms with Gasteiger partial charge >= 0.3 is 0 Å². The minimum absolute atomic E-state index is 0.282. The molecule has 0 unspecified atom stereocenters. The first kappa shape index (κ1) is 16.9. The largest absolute Gasteiger partial charge is 0.276 e. The molecule has 0 fully saturated rings. The highest BCUT2D eigenvalue weighted by Crippen LogP contribution is 2.29. The van der Waals surface area contributed by atoms with E-state index in [2.05, 4.69) is 21.4 Å². The first-order valence-electron chi connectivity index (χ1n) is 7.89. The third kappa shape index (κ3) is 2.78. The zero-order chi connectivity index (χ0) is 17.5. The maximum Gasteiger partial charge on any atom is 0.276 e. The SMILES string of the molecule is CCc1cccc2c1C(=O)N(NC(C)(C)c1cccc(Br)c1)C2=O. The Labute approximate surface area is 150 Å². The maximum absolute atomic E-state index is 12.8. The lowest BCUT2D eigenvalue weighted by Crippen LogP contribution is -2.51. The molecule has 0 spiro atoms.